The number of hydrogen-bond acceptors (Lipinski definition) is 4. The number of aromatic hydroxyl groups is 1. The second-order valence-electron chi connectivity index (χ2n) is 2.53. The number of halogens is 1. The monoisotopic (exact) mass is 219 g/mol. The van der Waals surface area contributed by atoms with E-state index in [9.17, 15) is 9.90 Å². The van der Waals surface area contributed by atoms with Gasteiger partial charge in [-0.05, 0) is 0 Å². The molecule has 0 radical (unpaired) electrons. The molecule has 0 saturated carbocycles. The fraction of sp³-hybridized carbons (Fsp3) is 0.375. The van der Waals surface area contributed by atoms with Gasteiger partial charge in [0.25, 0.3) is 5.56 Å². The highest BCUT2D eigenvalue weighted by molar-refractivity contribution is 6.31. The number of H-pyrrole nitrogens is 1. The van der Waals surface area contributed by atoms with E-state index in [1.54, 1.807) is 0 Å². The smallest absolute Gasteiger partial charge is 0.260 e. The van der Waals surface area contributed by atoms with Crippen molar-refractivity contribution in [3.63, 3.8) is 0 Å². The third kappa shape index (κ3) is 1.89. The van der Waals surface area contributed by atoms with Gasteiger partial charge >= 0.3 is 0 Å². The predicted molar refractivity (Wildman–Crippen MR) is 50.5 cm³/mol. The zero-order chi connectivity index (χ0) is 10.7. The average Bonchev–Trinajstić information content (AvgIpc) is 2.19. The molecule has 0 spiro atoms. The van der Waals surface area contributed by atoms with Gasteiger partial charge in [-0.15, -0.1) is 0 Å². The molecule has 0 aliphatic rings. The molecule has 1 aromatic heterocycles. The molecule has 0 aliphatic carbocycles. The summed E-state index contributed by atoms with van der Waals surface area (Å²) in [5, 5.41) is 9.54. The Balaban J connectivity index is 3.31. The summed E-state index contributed by atoms with van der Waals surface area (Å²) in [5.74, 6) is -0.330. The molecule has 6 heteroatoms. The van der Waals surface area contributed by atoms with Crippen LogP contribution in [0.5, 0.6) is 5.75 Å². The van der Waals surface area contributed by atoms with Gasteiger partial charge in [-0.3, -0.25) is 4.79 Å². The summed E-state index contributed by atoms with van der Waals surface area (Å²) in [6.45, 7) is 0. The highest BCUT2D eigenvalue weighted by Gasteiger charge is 2.20. The summed E-state index contributed by atoms with van der Waals surface area (Å²) in [4.78, 5) is 13.7. The lowest BCUT2D eigenvalue weighted by Gasteiger charge is -2.14. The van der Waals surface area contributed by atoms with Crippen molar-refractivity contribution in [3.8, 4) is 5.75 Å². The van der Waals surface area contributed by atoms with Crippen LogP contribution in [0.15, 0.2) is 11.0 Å². The van der Waals surface area contributed by atoms with E-state index >= 15 is 0 Å². The van der Waals surface area contributed by atoms with Crippen molar-refractivity contribution in [2.24, 2.45) is 0 Å². The molecule has 78 valence electrons. The summed E-state index contributed by atoms with van der Waals surface area (Å²) >= 11 is 5.61. The molecule has 2 N–H and O–H groups in total. The van der Waals surface area contributed by atoms with Crippen molar-refractivity contribution in [2.75, 3.05) is 14.2 Å². The van der Waals surface area contributed by atoms with Crippen LogP contribution in [0.2, 0.25) is 5.02 Å². The largest absolute Gasteiger partial charge is 0.506 e. The van der Waals surface area contributed by atoms with Crippen LogP contribution in [0.4, 0.5) is 0 Å². The van der Waals surface area contributed by atoms with E-state index in [-0.39, 0.29) is 16.3 Å². The fourth-order valence-corrected chi connectivity index (χ4v) is 1.22. The summed E-state index contributed by atoms with van der Waals surface area (Å²) in [5.41, 5.74) is -0.539. The minimum absolute atomic E-state index is 0.0394. The molecule has 5 nitrogen and oxygen atoms in total. The molecule has 0 amide bonds. The van der Waals surface area contributed by atoms with Crippen LogP contribution in [-0.4, -0.2) is 24.3 Å². The maximum absolute atomic E-state index is 11.3. The highest BCUT2D eigenvalue weighted by Crippen LogP contribution is 2.29. The van der Waals surface area contributed by atoms with Crippen LogP contribution in [0, 0.1) is 0 Å². The summed E-state index contributed by atoms with van der Waals surface area (Å²) in [6.07, 6.45) is 0.267. The second-order valence-corrected chi connectivity index (χ2v) is 2.94. The van der Waals surface area contributed by atoms with Crippen LogP contribution in [0.25, 0.3) is 0 Å². The van der Waals surface area contributed by atoms with Crippen LogP contribution in [-0.2, 0) is 9.47 Å². The Bertz CT molecular complexity index is 372. The molecule has 1 heterocycles. The van der Waals surface area contributed by atoms with Crippen molar-refractivity contribution < 1.29 is 14.6 Å². The molecule has 1 rings (SSSR count). The van der Waals surface area contributed by atoms with Crippen LogP contribution >= 0.6 is 11.6 Å². The van der Waals surface area contributed by atoms with Gasteiger partial charge in [0.2, 0.25) is 0 Å². The Hall–Kier alpha value is -1.04. The van der Waals surface area contributed by atoms with Gasteiger partial charge in [-0.1, -0.05) is 11.6 Å². The first kappa shape index (κ1) is 11.0. The SMILES string of the molecule is COC(OC)c1c(O)c(Cl)c[nH]c1=O. The van der Waals surface area contributed by atoms with Gasteiger partial charge in [0.1, 0.15) is 11.3 Å². The van der Waals surface area contributed by atoms with Gasteiger partial charge in [-0.2, -0.15) is 0 Å². The lowest BCUT2D eigenvalue weighted by atomic mass is 10.2. The number of rotatable bonds is 3. The van der Waals surface area contributed by atoms with Gasteiger partial charge in [0, 0.05) is 20.4 Å². The van der Waals surface area contributed by atoms with Gasteiger partial charge in [-0.25, -0.2) is 0 Å². The number of nitrogens with one attached hydrogen (secondary N) is 1. The molecular formula is C8H10ClNO4. The number of methoxy groups -OCH3 is 2. The van der Waals surface area contributed by atoms with E-state index in [1.165, 1.54) is 20.4 Å². The molecular weight excluding hydrogens is 210 g/mol. The Labute approximate surface area is 85.2 Å². The van der Waals surface area contributed by atoms with Gasteiger partial charge in [0.05, 0.1) is 5.02 Å². The van der Waals surface area contributed by atoms with E-state index in [1.807, 2.05) is 0 Å². The third-order valence-corrected chi connectivity index (χ3v) is 2.01. The van der Waals surface area contributed by atoms with Crippen LogP contribution < -0.4 is 5.56 Å². The zero-order valence-corrected chi connectivity index (χ0v) is 8.46. The number of aromatic amines is 1. The maximum atomic E-state index is 11.3. The first-order chi connectivity index (χ1) is 6.61. The number of ether oxygens (including phenoxy) is 2. The number of pyridine rings is 1. The van der Waals surface area contributed by atoms with Gasteiger partial charge in [0.15, 0.2) is 6.29 Å². The minimum atomic E-state index is -0.933. The topological polar surface area (TPSA) is 71.5 Å². The standard InChI is InChI=1S/C8H10ClNO4/c1-13-8(14-2)5-6(11)4(9)3-10-7(5)12/h3,8H,1-2H3,(H2,10,11,12). The first-order valence-corrected chi connectivity index (χ1v) is 4.15. The molecule has 0 aromatic carbocycles. The molecule has 14 heavy (non-hydrogen) atoms. The fourth-order valence-electron chi connectivity index (χ4n) is 1.06. The van der Waals surface area contributed by atoms with Crippen molar-refractivity contribution in [3.05, 3.63) is 27.1 Å². The third-order valence-electron chi connectivity index (χ3n) is 1.72. The molecule has 0 fully saturated rings. The first-order valence-electron chi connectivity index (χ1n) is 3.77. The Morgan fingerprint density at radius 2 is 2.07 bits per heavy atom. The predicted octanol–water partition coefficient (Wildman–Crippen LogP) is 1.03. The van der Waals surface area contributed by atoms with Crippen molar-refractivity contribution >= 4 is 11.6 Å². The van der Waals surface area contributed by atoms with E-state index in [4.69, 9.17) is 21.1 Å². The molecule has 0 saturated heterocycles. The summed E-state index contributed by atoms with van der Waals surface area (Å²) < 4.78 is 9.68. The molecule has 0 aliphatic heterocycles. The lowest BCUT2D eigenvalue weighted by Crippen LogP contribution is -2.18. The average molecular weight is 220 g/mol. The maximum Gasteiger partial charge on any atom is 0.260 e. The van der Waals surface area contributed by atoms with Crippen molar-refractivity contribution in [1.82, 2.24) is 4.98 Å². The Morgan fingerprint density at radius 3 is 2.57 bits per heavy atom. The lowest BCUT2D eigenvalue weighted by molar-refractivity contribution is -0.107. The van der Waals surface area contributed by atoms with E-state index in [2.05, 4.69) is 4.98 Å². The zero-order valence-electron chi connectivity index (χ0n) is 7.70. The van der Waals surface area contributed by atoms with Gasteiger partial charge < -0.3 is 19.6 Å². The number of aromatic nitrogens is 1. The molecule has 1 aromatic rings. The molecule has 0 atom stereocenters. The second kappa shape index (κ2) is 4.45. The minimum Gasteiger partial charge on any atom is -0.506 e. The molecule has 0 bridgehead atoms. The van der Waals surface area contributed by atoms with Crippen molar-refractivity contribution in [1.29, 1.82) is 0 Å². The van der Waals surface area contributed by atoms with E-state index in [0.717, 1.165) is 0 Å². The normalized spacial score (nSPS) is 10.9. The summed E-state index contributed by atoms with van der Waals surface area (Å²) in [6, 6.07) is 0. The highest BCUT2D eigenvalue weighted by atomic mass is 35.5. The van der Waals surface area contributed by atoms with E-state index < -0.39 is 11.8 Å². The Kier molecular flexibility index (Phi) is 3.51. The van der Waals surface area contributed by atoms with E-state index in [0.29, 0.717) is 0 Å². The quantitative estimate of drug-likeness (QED) is 0.745. The van der Waals surface area contributed by atoms with Crippen LogP contribution in [0.1, 0.15) is 11.9 Å². The number of hydrogen-bond donors (Lipinski definition) is 2. The van der Waals surface area contributed by atoms with Crippen molar-refractivity contribution in [2.45, 2.75) is 6.29 Å². The Morgan fingerprint density at radius 1 is 1.50 bits per heavy atom. The summed E-state index contributed by atoms with van der Waals surface area (Å²) in [7, 11) is 2.71. The molecule has 0 unspecified atom stereocenters. The van der Waals surface area contributed by atoms with Crippen LogP contribution in [0.3, 0.4) is 0 Å².